The molecule has 1 aliphatic heterocycles. The predicted molar refractivity (Wildman–Crippen MR) is 138 cm³/mol. The molecule has 35 heavy (non-hydrogen) atoms. The lowest BCUT2D eigenvalue weighted by Crippen LogP contribution is -2.44. The molecule has 1 saturated heterocycles. The van der Waals surface area contributed by atoms with Gasteiger partial charge in [0.2, 0.25) is 0 Å². The fraction of sp³-hybridized carbons (Fsp3) is 0.250. The van der Waals surface area contributed by atoms with Crippen LogP contribution < -0.4 is 0 Å². The van der Waals surface area contributed by atoms with E-state index in [1.807, 2.05) is 47.4 Å². The van der Waals surface area contributed by atoms with Crippen LogP contribution in [0.4, 0.5) is 5.69 Å². The second kappa shape index (κ2) is 9.96. The Balaban J connectivity index is 1.45. The van der Waals surface area contributed by atoms with E-state index in [-0.39, 0.29) is 17.5 Å². The summed E-state index contributed by atoms with van der Waals surface area (Å²) in [5, 5.41) is 9.81. The van der Waals surface area contributed by atoms with Crippen LogP contribution in [0, 0.1) is 5.92 Å². The van der Waals surface area contributed by atoms with Gasteiger partial charge in [0, 0.05) is 17.7 Å². The minimum atomic E-state index is -0.969. The van der Waals surface area contributed by atoms with E-state index in [1.54, 1.807) is 30.3 Å². The maximum absolute atomic E-state index is 13.6. The minimum Gasteiger partial charge on any atom is -0.478 e. The van der Waals surface area contributed by atoms with Gasteiger partial charge in [0.25, 0.3) is 5.91 Å². The van der Waals surface area contributed by atoms with E-state index in [0.29, 0.717) is 27.5 Å². The molecule has 7 heteroatoms. The van der Waals surface area contributed by atoms with Crippen molar-refractivity contribution in [2.45, 2.75) is 38.6 Å². The first kappa shape index (κ1) is 23.2. The van der Waals surface area contributed by atoms with Gasteiger partial charge < -0.3 is 9.52 Å². The largest absolute Gasteiger partial charge is 0.478 e. The molecule has 3 aromatic rings. The molecule has 2 atom stereocenters. The summed E-state index contributed by atoms with van der Waals surface area (Å²) >= 11 is 1.38. The molecule has 2 fully saturated rings. The van der Waals surface area contributed by atoms with E-state index in [1.165, 1.54) is 18.2 Å². The highest BCUT2D eigenvalue weighted by Gasteiger charge is 2.41. The molecule has 1 saturated carbocycles. The lowest BCUT2D eigenvalue weighted by Gasteiger charge is -2.35. The molecule has 0 radical (unpaired) electrons. The van der Waals surface area contributed by atoms with E-state index in [0.717, 1.165) is 30.5 Å². The molecular weight excluding hydrogens is 460 g/mol. The zero-order chi connectivity index (χ0) is 24.4. The smallest absolute Gasteiger partial charge is 0.335 e. The van der Waals surface area contributed by atoms with E-state index in [4.69, 9.17) is 14.5 Å². The summed E-state index contributed by atoms with van der Waals surface area (Å²) in [5.74, 6) is 0.587. The van der Waals surface area contributed by atoms with Crippen LogP contribution in [0.3, 0.4) is 0 Å². The number of rotatable bonds is 5. The van der Waals surface area contributed by atoms with Crippen molar-refractivity contribution in [2.24, 2.45) is 10.9 Å². The fourth-order valence-corrected chi connectivity index (χ4v) is 5.67. The summed E-state index contributed by atoms with van der Waals surface area (Å²) in [7, 11) is 0. The molecule has 0 spiro atoms. The van der Waals surface area contributed by atoms with Crippen molar-refractivity contribution < 1.29 is 19.1 Å². The highest BCUT2D eigenvalue weighted by molar-refractivity contribution is 8.18. The predicted octanol–water partition coefficient (Wildman–Crippen LogP) is 6.83. The standard InChI is InChI=1S/C28H26N2O4S/c1-18-7-5-6-10-23(18)30-26(31)25(35-28(30)29-21-8-3-2-4-9-21)17-22-15-16-24(34-22)19-11-13-20(14-12-19)27(32)33/h2-4,8-9,11-18,23H,5-7,10H2,1H3,(H,32,33)/b25-17-,29-28?/t18-,23+/m1/s1. The molecule has 178 valence electrons. The molecule has 1 aromatic heterocycles. The fourth-order valence-electron chi connectivity index (χ4n) is 4.64. The number of thioether (sulfide) groups is 1. The van der Waals surface area contributed by atoms with E-state index < -0.39 is 5.97 Å². The number of aliphatic imine (C=N–C) groups is 1. The third kappa shape index (κ3) is 4.95. The number of carboxylic acids is 1. The number of carbonyl (C=O) groups excluding carboxylic acids is 1. The van der Waals surface area contributed by atoms with Gasteiger partial charge in [-0.05, 0) is 66.9 Å². The van der Waals surface area contributed by atoms with Crippen molar-refractivity contribution in [1.82, 2.24) is 4.90 Å². The maximum atomic E-state index is 13.6. The van der Waals surface area contributed by atoms with Gasteiger partial charge in [-0.3, -0.25) is 9.69 Å². The molecule has 2 heterocycles. The van der Waals surface area contributed by atoms with Crippen LogP contribution in [0.5, 0.6) is 0 Å². The SMILES string of the molecule is C[C@@H]1CCCC[C@@H]1N1C(=O)/C(=C/c2ccc(-c3ccc(C(=O)O)cc3)o2)SC1=Nc1ccccc1. The number of amides is 1. The molecule has 0 bridgehead atoms. The Morgan fingerprint density at radius 1 is 1.06 bits per heavy atom. The minimum absolute atomic E-state index is 0.0350. The van der Waals surface area contributed by atoms with Gasteiger partial charge in [-0.1, -0.05) is 50.1 Å². The van der Waals surface area contributed by atoms with Crippen molar-refractivity contribution >= 4 is 40.6 Å². The first-order valence-electron chi connectivity index (χ1n) is 11.8. The second-order valence-electron chi connectivity index (χ2n) is 8.93. The van der Waals surface area contributed by atoms with E-state index in [9.17, 15) is 9.59 Å². The molecule has 1 aliphatic carbocycles. The van der Waals surface area contributed by atoms with Crippen LogP contribution >= 0.6 is 11.8 Å². The van der Waals surface area contributed by atoms with Crippen molar-refractivity contribution in [3.63, 3.8) is 0 Å². The first-order valence-corrected chi connectivity index (χ1v) is 12.6. The number of carbonyl (C=O) groups is 2. The number of nitrogens with zero attached hydrogens (tertiary/aromatic N) is 2. The van der Waals surface area contributed by atoms with Gasteiger partial charge in [-0.15, -0.1) is 0 Å². The van der Waals surface area contributed by atoms with Gasteiger partial charge in [-0.2, -0.15) is 0 Å². The number of hydrogen-bond acceptors (Lipinski definition) is 5. The molecule has 5 rings (SSSR count). The molecular formula is C28H26N2O4S. The monoisotopic (exact) mass is 486 g/mol. The van der Waals surface area contributed by atoms with Gasteiger partial charge in [-0.25, -0.2) is 9.79 Å². The van der Waals surface area contributed by atoms with Crippen molar-refractivity contribution in [3.05, 3.63) is 83.0 Å². The Morgan fingerprint density at radius 3 is 2.51 bits per heavy atom. The third-order valence-corrected chi connectivity index (χ3v) is 7.52. The number of aromatic carboxylic acids is 1. The van der Waals surface area contributed by atoms with Crippen molar-refractivity contribution in [3.8, 4) is 11.3 Å². The van der Waals surface area contributed by atoms with Crippen LogP contribution in [0.25, 0.3) is 17.4 Å². The molecule has 1 N–H and O–H groups in total. The molecule has 6 nitrogen and oxygen atoms in total. The summed E-state index contributed by atoms with van der Waals surface area (Å²) in [5.41, 5.74) is 1.81. The zero-order valence-electron chi connectivity index (χ0n) is 19.4. The Labute approximate surface area is 208 Å². The average molecular weight is 487 g/mol. The van der Waals surface area contributed by atoms with E-state index >= 15 is 0 Å². The van der Waals surface area contributed by atoms with Crippen LogP contribution in [0.1, 0.15) is 48.7 Å². The molecule has 2 aromatic carbocycles. The normalized spacial score (nSPS) is 22.8. The summed E-state index contributed by atoms with van der Waals surface area (Å²) in [6, 6.07) is 20.0. The van der Waals surface area contributed by atoms with Gasteiger partial charge >= 0.3 is 5.97 Å². The van der Waals surface area contributed by atoms with Crippen molar-refractivity contribution in [2.75, 3.05) is 0 Å². The summed E-state index contributed by atoms with van der Waals surface area (Å²) in [6.07, 6.45) is 6.17. The van der Waals surface area contributed by atoms with E-state index in [2.05, 4.69) is 6.92 Å². The number of furan rings is 1. The Kier molecular flexibility index (Phi) is 6.59. The average Bonchev–Trinajstić information content (AvgIpc) is 3.45. The van der Waals surface area contributed by atoms with Crippen molar-refractivity contribution in [1.29, 1.82) is 0 Å². The Bertz CT molecular complexity index is 1290. The number of benzene rings is 2. The van der Waals surface area contributed by atoms with Gasteiger partial charge in [0.05, 0.1) is 16.2 Å². The third-order valence-electron chi connectivity index (χ3n) is 6.53. The molecule has 0 unspecified atom stereocenters. The van der Waals surface area contributed by atoms with Crippen LogP contribution in [0.2, 0.25) is 0 Å². The quantitative estimate of drug-likeness (QED) is 0.400. The number of hydrogen-bond donors (Lipinski definition) is 1. The maximum Gasteiger partial charge on any atom is 0.335 e. The van der Waals surface area contributed by atoms with Crippen LogP contribution in [-0.4, -0.2) is 33.1 Å². The Morgan fingerprint density at radius 2 is 1.80 bits per heavy atom. The second-order valence-corrected chi connectivity index (χ2v) is 9.94. The zero-order valence-corrected chi connectivity index (χ0v) is 20.2. The summed E-state index contributed by atoms with van der Waals surface area (Å²) in [6.45, 7) is 2.22. The number of para-hydroxylation sites is 1. The topological polar surface area (TPSA) is 83.1 Å². The number of amidine groups is 1. The van der Waals surface area contributed by atoms with Gasteiger partial charge in [0.15, 0.2) is 5.17 Å². The lowest BCUT2D eigenvalue weighted by atomic mass is 9.85. The van der Waals surface area contributed by atoms with Crippen LogP contribution in [-0.2, 0) is 4.79 Å². The molecule has 2 aliphatic rings. The van der Waals surface area contributed by atoms with Gasteiger partial charge in [0.1, 0.15) is 11.5 Å². The van der Waals surface area contributed by atoms with Crippen LogP contribution in [0.15, 0.2) is 81.0 Å². The highest BCUT2D eigenvalue weighted by atomic mass is 32.2. The Hall–Kier alpha value is -3.58. The summed E-state index contributed by atoms with van der Waals surface area (Å²) in [4.78, 5) is 32.0. The number of carboxylic acid groups (broad SMARTS) is 1. The summed E-state index contributed by atoms with van der Waals surface area (Å²) < 4.78 is 5.99. The molecule has 1 amide bonds. The first-order chi connectivity index (χ1) is 17.0. The highest BCUT2D eigenvalue weighted by Crippen LogP contribution is 2.40. The lowest BCUT2D eigenvalue weighted by molar-refractivity contribution is -0.124.